The zero-order valence-corrected chi connectivity index (χ0v) is 11.2. The smallest absolute Gasteiger partial charge is 0.115 e. The summed E-state index contributed by atoms with van der Waals surface area (Å²) >= 11 is 0. The third-order valence-corrected chi connectivity index (χ3v) is 4.12. The minimum Gasteiger partial charge on any atom is -0.508 e. The van der Waals surface area contributed by atoms with Crippen molar-refractivity contribution in [3.8, 4) is 5.75 Å². The Kier molecular flexibility index (Phi) is 4.61. The molecule has 1 aliphatic carbocycles. The highest BCUT2D eigenvalue weighted by molar-refractivity contribution is 5.25. The van der Waals surface area contributed by atoms with Gasteiger partial charge in [0.05, 0.1) is 0 Å². The average molecular weight is 248 g/mol. The zero-order valence-electron chi connectivity index (χ0n) is 11.2. The molecule has 0 amide bonds. The summed E-state index contributed by atoms with van der Waals surface area (Å²) in [5.74, 6) is 0.990. The van der Waals surface area contributed by atoms with Crippen molar-refractivity contribution in [3.63, 3.8) is 0 Å². The van der Waals surface area contributed by atoms with Crippen molar-refractivity contribution in [1.82, 2.24) is 4.90 Å². The maximum Gasteiger partial charge on any atom is 0.115 e. The first-order chi connectivity index (χ1) is 8.74. The van der Waals surface area contributed by atoms with Gasteiger partial charge in [0.25, 0.3) is 0 Å². The average Bonchev–Trinajstić information content (AvgIpc) is 2.86. The maximum atomic E-state index is 9.31. The lowest BCUT2D eigenvalue weighted by Crippen LogP contribution is -2.39. The molecule has 3 heteroatoms. The van der Waals surface area contributed by atoms with E-state index in [0.29, 0.717) is 17.7 Å². The van der Waals surface area contributed by atoms with Crippen LogP contribution in [0, 0.1) is 5.92 Å². The van der Waals surface area contributed by atoms with Gasteiger partial charge in [0.15, 0.2) is 0 Å². The number of phenols is 1. The highest BCUT2D eigenvalue weighted by atomic mass is 16.3. The van der Waals surface area contributed by atoms with Gasteiger partial charge in [-0.25, -0.2) is 0 Å². The molecule has 100 valence electrons. The molecule has 0 aliphatic heterocycles. The number of phenolic OH excluding ortho intramolecular Hbond substituents is 1. The summed E-state index contributed by atoms with van der Waals surface area (Å²) in [6.45, 7) is 5.03. The molecule has 0 bridgehead atoms. The van der Waals surface area contributed by atoms with E-state index in [4.69, 9.17) is 5.73 Å². The van der Waals surface area contributed by atoms with E-state index in [1.54, 1.807) is 12.1 Å². The third kappa shape index (κ3) is 3.03. The topological polar surface area (TPSA) is 49.5 Å². The Hall–Kier alpha value is -1.06. The lowest BCUT2D eigenvalue weighted by molar-refractivity contribution is 0.162. The van der Waals surface area contributed by atoms with Crippen LogP contribution in [0.3, 0.4) is 0 Å². The lowest BCUT2D eigenvalue weighted by atomic mass is 10.0. The number of aromatic hydroxyl groups is 1. The SMILES string of the molecule is CCN(Cc1ccc(O)cc1)C1CCCC1CN. The van der Waals surface area contributed by atoms with E-state index < -0.39 is 0 Å². The minimum absolute atomic E-state index is 0.336. The van der Waals surface area contributed by atoms with Crippen molar-refractivity contribution >= 4 is 0 Å². The van der Waals surface area contributed by atoms with Crippen molar-refractivity contribution in [3.05, 3.63) is 29.8 Å². The summed E-state index contributed by atoms with van der Waals surface area (Å²) in [4.78, 5) is 2.52. The van der Waals surface area contributed by atoms with Crippen LogP contribution in [-0.2, 0) is 6.54 Å². The first-order valence-corrected chi connectivity index (χ1v) is 6.96. The van der Waals surface area contributed by atoms with Crippen LogP contribution in [0.5, 0.6) is 5.75 Å². The molecule has 2 unspecified atom stereocenters. The minimum atomic E-state index is 0.336. The molecule has 1 aliphatic rings. The van der Waals surface area contributed by atoms with E-state index in [1.165, 1.54) is 24.8 Å². The number of hydrogen-bond acceptors (Lipinski definition) is 3. The molecule has 0 radical (unpaired) electrons. The van der Waals surface area contributed by atoms with Crippen molar-refractivity contribution in [1.29, 1.82) is 0 Å². The van der Waals surface area contributed by atoms with Crippen LogP contribution in [0.25, 0.3) is 0 Å². The van der Waals surface area contributed by atoms with E-state index in [1.807, 2.05) is 12.1 Å². The lowest BCUT2D eigenvalue weighted by Gasteiger charge is -2.31. The van der Waals surface area contributed by atoms with Gasteiger partial charge in [-0.15, -0.1) is 0 Å². The summed E-state index contributed by atoms with van der Waals surface area (Å²) in [5, 5.41) is 9.31. The standard InChI is InChI=1S/C15H24N2O/c1-2-17(15-5-3-4-13(15)10-16)11-12-6-8-14(18)9-7-12/h6-9,13,15,18H,2-5,10-11,16H2,1H3. The van der Waals surface area contributed by atoms with Crippen LogP contribution in [0.1, 0.15) is 31.7 Å². The van der Waals surface area contributed by atoms with Gasteiger partial charge in [0.1, 0.15) is 5.75 Å². The normalized spacial score (nSPS) is 23.7. The molecule has 1 fully saturated rings. The van der Waals surface area contributed by atoms with Gasteiger partial charge < -0.3 is 10.8 Å². The largest absolute Gasteiger partial charge is 0.508 e. The highest BCUT2D eigenvalue weighted by Crippen LogP contribution is 2.30. The number of hydrogen-bond donors (Lipinski definition) is 2. The number of nitrogens with two attached hydrogens (primary N) is 1. The van der Waals surface area contributed by atoms with Gasteiger partial charge in [-0.1, -0.05) is 25.5 Å². The monoisotopic (exact) mass is 248 g/mol. The predicted molar refractivity (Wildman–Crippen MR) is 74.4 cm³/mol. The second-order valence-electron chi connectivity index (χ2n) is 5.22. The van der Waals surface area contributed by atoms with Crippen LogP contribution in [0.4, 0.5) is 0 Å². The molecular formula is C15H24N2O. The van der Waals surface area contributed by atoms with Crippen molar-refractivity contribution in [2.45, 2.75) is 38.8 Å². The fourth-order valence-corrected chi connectivity index (χ4v) is 3.07. The predicted octanol–water partition coefficient (Wildman–Crippen LogP) is 2.34. The molecule has 1 aromatic carbocycles. The van der Waals surface area contributed by atoms with E-state index in [-0.39, 0.29) is 0 Å². The molecule has 0 spiro atoms. The third-order valence-electron chi connectivity index (χ3n) is 4.12. The summed E-state index contributed by atoms with van der Waals surface area (Å²) in [7, 11) is 0. The van der Waals surface area contributed by atoms with Crippen LogP contribution < -0.4 is 5.73 Å². The molecule has 0 aromatic heterocycles. The molecule has 18 heavy (non-hydrogen) atoms. The summed E-state index contributed by atoms with van der Waals surface area (Å²) in [6, 6.07) is 8.17. The number of rotatable bonds is 5. The molecular weight excluding hydrogens is 224 g/mol. The van der Waals surface area contributed by atoms with E-state index in [9.17, 15) is 5.11 Å². The summed E-state index contributed by atoms with van der Waals surface area (Å²) in [5.41, 5.74) is 7.13. The fourth-order valence-electron chi connectivity index (χ4n) is 3.07. The number of benzene rings is 1. The Morgan fingerprint density at radius 1 is 1.28 bits per heavy atom. The first-order valence-electron chi connectivity index (χ1n) is 6.96. The Morgan fingerprint density at radius 3 is 2.61 bits per heavy atom. The van der Waals surface area contributed by atoms with Crippen LogP contribution in [0.2, 0.25) is 0 Å². The van der Waals surface area contributed by atoms with E-state index >= 15 is 0 Å². The van der Waals surface area contributed by atoms with Gasteiger partial charge in [-0.3, -0.25) is 4.90 Å². The summed E-state index contributed by atoms with van der Waals surface area (Å²) in [6.07, 6.45) is 3.85. The van der Waals surface area contributed by atoms with E-state index in [2.05, 4.69) is 11.8 Å². The quantitative estimate of drug-likeness (QED) is 0.841. The van der Waals surface area contributed by atoms with Crippen molar-refractivity contribution in [2.75, 3.05) is 13.1 Å². The second-order valence-corrected chi connectivity index (χ2v) is 5.22. The molecule has 1 aromatic rings. The molecule has 0 heterocycles. The van der Waals surface area contributed by atoms with Gasteiger partial charge in [-0.05, 0) is 49.5 Å². The highest BCUT2D eigenvalue weighted by Gasteiger charge is 2.30. The molecule has 3 nitrogen and oxygen atoms in total. The molecule has 3 N–H and O–H groups in total. The zero-order chi connectivity index (χ0) is 13.0. The molecule has 1 saturated carbocycles. The Morgan fingerprint density at radius 2 is 2.00 bits per heavy atom. The van der Waals surface area contributed by atoms with Crippen LogP contribution in [-0.4, -0.2) is 29.1 Å². The molecule has 0 saturated heterocycles. The van der Waals surface area contributed by atoms with Gasteiger partial charge >= 0.3 is 0 Å². The maximum absolute atomic E-state index is 9.31. The first kappa shape index (κ1) is 13.4. The Balaban J connectivity index is 2.02. The van der Waals surface area contributed by atoms with Crippen LogP contribution >= 0.6 is 0 Å². The van der Waals surface area contributed by atoms with Crippen molar-refractivity contribution in [2.24, 2.45) is 11.7 Å². The molecule has 2 atom stereocenters. The van der Waals surface area contributed by atoms with Crippen LogP contribution in [0.15, 0.2) is 24.3 Å². The number of nitrogens with zero attached hydrogens (tertiary/aromatic N) is 1. The Bertz CT molecular complexity index is 363. The second kappa shape index (κ2) is 6.21. The molecule has 2 rings (SSSR count). The Labute approximate surface area is 110 Å². The van der Waals surface area contributed by atoms with Gasteiger partial charge in [0, 0.05) is 12.6 Å². The fraction of sp³-hybridized carbons (Fsp3) is 0.600. The van der Waals surface area contributed by atoms with Gasteiger partial charge in [-0.2, -0.15) is 0 Å². The van der Waals surface area contributed by atoms with Crippen molar-refractivity contribution < 1.29 is 5.11 Å². The van der Waals surface area contributed by atoms with Gasteiger partial charge in [0.2, 0.25) is 0 Å². The summed E-state index contributed by atoms with van der Waals surface area (Å²) < 4.78 is 0. The van der Waals surface area contributed by atoms with E-state index in [0.717, 1.165) is 19.6 Å².